The van der Waals surface area contributed by atoms with Crippen LogP contribution in [-0.2, 0) is 9.53 Å². The summed E-state index contributed by atoms with van der Waals surface area (Å²) in [4.78, 5) is 14.2. The van der Waals surface area contributed by atoms with E-state index in [4.69, 9.17) is 10.5 Å². The Morgan fingerprint density at radius 1 is 1.40 bits per heavy atom. The number of hydrogen-bond donors (Lipinski definition) is 2. The molecule has 0 aromatic carbocycles. The lowest BCUT2D eigenvalue weighted by Gasteiger charge is -2.42. The molecule has 2 fully saturated rings. The number of primary amides is 1. The first-order valence-electron chi connectivity index (χ1n) is 7.84. The summed E-state index contributed by atoms with van der Waals surface area (Å²) in [5.41, 5.74) is 5.12. The molecular weight excluding hydrogens is 254 g/mol. The van der Waals surface area contributed by atoms with Crippen LogP contribution in [0.25, 0.3) is 0 Å². The number of amides is 1. The summed E-state index contributed by atoms with van der Waals surface area (Å²) >= 11 is 0. The lowest BCUT2D eigenvalue weighted by Crippen LogP contribution is -2.59. The zero-order valence-electron chi connectivity index (χ0n) is 12.9. The van der Waals surface area contributed by atoms with Crippen molar-refractivity contribution < 1.29 is 9.53 Å². The van der Waals surface area contributed by atoms with Crippen LogP contribution >= 0.6 is 0 Å². The number of nitrogens with two attached hydrogens (primary N) is 1. The normalized spacial score (nSPS) is 32.5. The Kier molecular flexibility index (Phi) is 5.41. The molecule has 2 aliphatic rings. The van der Waals surface area contributed by atoms with Crippen LogP contribution in [0.15, 0.2) is 0 Å². The van der Waals surface area contributed by atoms with Crippen LogP contribution in [0.3, 0.4) is 0 Å². The number of hydrogen-bond acceptors (Lipinski definition) is 4. The molecule has 1 aliphatic heterocycles. The number of ether oxygens (including phenoxy) is 1. The first-order valence-corrected chi connectivity index (χ1v) is 7.84. The second kappa shape index (κ2) is 6.87. The molecule has 20 heavy (non-hydrogen) atoms. The fraction of sp³-hybridized carbons (Fsp3) is 0.933. The fourth-order valence-electron chi connectivity index (χ4n) is 3.68. The van der Waals surface area contributed by atoms with Gasteiger partial charge in [-0.2, -0.15) is 0 Å². The number of carbonyl (C=O) groups excluding carboxylic acids is 1. The van der Waals surface area contributed by atoms with E-state index in [-0.39, 0.29) is 5.91 Å². The highest BCUT2D eigenvalue weighted by atomic mass is 16.5. The molecule has 1 amide bonds. The molecule has 1 heterocycles. The van der Waals surface area contributed by atoms with Crippen molar-refractivity contribution in [2.24, 2.45) is 11.7 Å². The molecule has 5 nitrogen and oxygen atoms in total. The highest BCUT2D eigenvalue weighted by molar-refractivity contribution is 5.84. The number of likely N-dealkylation sites (N-methyl/N-ethyl adjacent to an activating group) is 1. The number of nitrogens with one attached hydrogen (secondary N) is 1. The third-order valence-electron chi connectivity index (χ3n) is 5.19. The Morgan fingerprint density at radius 3 is 2.70 bits per heavy atom. The van der Waals surface area contributed by atoms with E-state index in [1.165, 1.54) is 0 Å². The largest absolute Gasteiger partial charge is 0.381 e. The van der Waals surface area contributed by atoms with Crippen molar-refractivity contribution in [3.05, 3.63) is 0 Å². The van der Waals surface area contributed by atoms with Crippen LogP contribution in [-0.4, -0.2) is 56.2 Å². The zero-order chi connectivity index (χ0) is 14.6. The summed E-state index contributed by atoms with van der Waals surface area (Å²) in [6.07, 6.45) is 6.23. The van der Waals surface area contributed by atoms with Gasteiger partial charge in [-0.05, 0) is 58.5 Å². The molecule has 3 N–H and O–H groups in total. The molecule has 1 saturated carbocycles. The van der Waals surface area contributed by atoms with Gasteiger partial charge in [-0.25, -0.2) is 0 Å². The molecular formula is C15H29N3O2. The van der Waals surface area contributed by atoms with Crippen molar-refractivity contribution >= 4 is 5.91 Å². The van der Waals surface area contributed by atoms with E-state index in [2.05, 4.69) is 17.3 Å². The topological polar surface area (TPSA) is 67.6 Å². The van der Waals surface area contributed by atoms with E-state index >= 15 is 0 Å². The van der Waals surface area contributed by atoms with Crippen LogP contribution in [0, 0.1) is 5.92 Å². The van der Waals surface area contributed by atoms with E-state index < -0.39 is 5.54 Å². The molecule has 0 radical (unpaired) electrons. The maximum Gasteiger partial charge on any atom is 0.237 e. The van der Waals surface area contributed by atoms with Gasteiger partial charge in [0.05, 0.1) is 5.54 Å². The Bertz CT molecular complexity index is 331. The van der Waals surface area contributed by atoms with Gasteiger partial charge in [0.1, 0.15) is 0 Å². The highest BCUT2D eigenvalue weighted by Crippen LogP contribution is 2.31. The van der Waals surface area contributed by atoms with Gasteiger partial charge in [0, 0.05) is 25.8 Å². The first kappa shape index (κ1) is 15.7. The van der Waals surface area contributed by atoms with Crippen LogP contribution < -0.4 is 11.1 Å². The summed E-state index contributed by atoms with van der Waals surface area (Å²) in [6, 6.07) is 0.451. The van der Waals surface area contributed by atoms with Gasteiger partial charge in [0.25, 0.3) is 0 Å². The van der Waals surface area contributed by atoms with Crippen LogP contribution in [0.2, 0.25) is 0 Å². The minimum atomic E-state index is -0.507. The Morgan fingerprint density at radius 2 is 2.10 bits per heavy atom. The molecule has 1 saturated heterocycles. The molecule has 0 spiro atoms. The second-order valence-corrected chi connectivity index (χ2v) is 6.44. The fourth-order valence-corrected chi connectivity index (χ4v) is 3.68. The minimum absolute atomic E-state index is 0.204. The predicted octanol–water partition coefficient (Wildman–Crippen LogP) is 0.731. The minimum Gasteiger partial charge on any atom is -0.381 e. The Hall–Kier alpha value is -0.650. The van der Waals surface area contributed by atoms with E-state index in [0.29, 0.717) is 6.04 Å². The van der Waals surface area contributed by atoms with Crippen LogP contribution in [0.4, 0.5) is 0 Å². The van der Waals surface area contributed by atoms with E-state index in [1.54, 1.807) is 0 Å². The molecule has 0 aromatic rings. The molecule has 0 aromatic heterocycles. The lowest BCUT2D eigenvalue weighted by atomic mass is 9.77. The van der Waals surface area contributed by atoms with Crippen molar-refractivity contribution in [2.45, 2.75) is 50.1 Å². The smallest absolute Gasteiger partial charge is 0.237 e. The SMILES string of the molecule is CNC1(C(N)=O)CCCC(N(C)CC2CCOCC2)C1. The van der Waals surface area contributed by atoms with Gasteiger partial charge in [0.15, 0.2) is 0 Å². The van der Waals surface area contributed by atoms with Gasteiger partial charge in [0.2, 0.25) is 5.91 Å². The van der Waals surface area contributed by atoms with Crippen molar-refractivity contribution in [3.8, 4) is 0 Å². The van der Waals surface area contributed by atoms with Gasteiger partial charge in [-0.3, -0.25) is 4.79 Å². The average molecular weight is 283 g/mol. The molecule has 1 aliphatic carbocycles. The Labute approximate surface area is 122 Å². The van der Waals surface area contributed by atoms with Gasteiger partial charge in [-0.1, -0.05) is 0 Å². The second-order valence-electron chi connectivity index (χ2n) is 6.44. The molecule has 0 bridgehead atoms. The van der Waals surface area contributed by atoms with E-state index in [9.17, 15) is 4.79 Å². The maximum atomic E-state index is 11.8. The molecule has 2 rings (SSSR count). The quantitative estimate of drug-likeness (QED) is 0.780. The van der Waals surface area contributed by atoms with Crippen molar-refractivity contribution in [1.82, 2.24) is 10.2 Å². The monoisotopic (exact) mass is 283 g/mol. The van der Waals surface area contributed by atoms with Crippen molar-refractivity contribution in [1.29, 1.82) is 0 Å². The molecule has 2 unspecified atom stereocenters. The number of carbonyl (C=O) groups is 1. The summed E-state index contributed by atoms with van der Waals surface area (Å²) in [5.74, 6) is 0.525. The van der Waals surface area contributed by atoms with Crippen LogP contribution in [0.1, 0.15) is 38.5 Å². The summed E-state index contributed by atoms with van der Waals surface area (Å²) in [5, 5.41) is 3.18. The van der Waals surface area contributed by atoms with E-state index in [1.807, 2.05) is 7.05 Å². The van der Waals surface area contributed by atoms with E-state index in [0.717, 1.165) is 64.2 Å². The molecule has 5 heteroatoms. The molecule has 116 valence electrons. The first-order chi connectivity index (χ1) is 9.57. The lowest BCUT2D eigenvalue weighted by molar-refractivity contribution is -0.126. The third-order valence-corrected chi connectivity index (χ3v) is 5.19. The average Bonchev–Trinajstić information content (AvgIpc) is 2.48. The number of rotatable bonds is 5. The molecule has 2 atom stereocenters. The van der Waals surface area contributed by atoms with Gasteiger partial charge >= 0.3 is 0 Å². The zero-order valence-corrected chi connectivity index (χ0v) is 12.9. The Balaban J connectivity index is 1.92. The van der Waals surface area contributed by atoms with Gasteiger partial charge in [-0.15, -0.1) is 0 Å². The summed E-state index contributed by atoms with van der Waals surface area (Å²) in [6.45, 7) is 2.89. The predicted molar refractivity (Wildman–Crippen MR) is 79.4 cm³/mol. The van der Waals surface area contributed by atoms with Crippen LogP contribution in [0.5, 0.6) is 0 Å². The van der Waals surface area contributed by atoms with Crippen molar-refractivity contribution in [2.75, 3.05) is 33.9 Å². The standard InChI is InChI=1S/C15H29N3O2/c1-17-15(14(16)19)7-3-4-13(10-15)18(2)11-12-5-8-20-9-6-12/h12-13,17H,3-11H2,1-2H3,(H2,16,19). The van der Waals surface area contributed by atoms with Gasteiger partial charge < -0.3 is 20.7 Å². The maximum absolute atomic E-state index is 11.8. The highest BCUT2D eigenvalue weighted by Gasteiger charge is 2.41. The summed E-state index contributed by atoms with van der Waals surface area (Å²) < 4.78 is 5.42. The van der Waals surface area contributed by atoms with Crippen molar-refractivity contribution in [3.63, 3.8) is 0 Å². The number of nitrogens with zero attached hydrogens (tertiary/aromatic N) is 1. The summed E-state index contributed by atoms with van der Waals surface area (Å²) in [7, 11) is 4.04. The third kappa shape index (κ3) is 3.51.